The van der Waals surface area contributed by atoms with Gasteiger partial charge in [0.2, 0.25) is 0 Å². The van der Waals surface area contributed by atoms with Crippen molar-refractivity contribution < 1.29 is 4.42 Å². The van der Waals surface area contributed by atoms with Gasteiger partial charge in [0, 0.05) is 21.9 Å². The fraction of sp³-hybridized carbons (Fsp3) is 0.0645. The van der Waals surface area contributed by atoms with Crippen LogP contribution < -0.4 is 5.63 Å². The van der Waals surface area contributed by atoms with E-state index in [0.717, 1.165) is 43.8 Å². The SMILES string of the molecule is Cc1ccc(-c2c3ccc(C)cc3c(-c3ccccc3)c3c2oc(=O)c2ccccc23)cc1. The number of benzene rings is 5. The molecule has 0 aliphatic rings. The lowest BCUT2D eigenvalue weighted by atomic mass is 9.86. The quantitative estimate of drug-likeness (QED) is 0.159. The molecule has 2 heteroatoms. The average molecular weight is 427 g/mol. The van der Waals surface area contributed by atoms with Gasteiger partial charge >= 0.3 is 5.63 Å². The molecular formula is C31H22O2. The van der Waals surface area contributed by atoms with Crippen LogP contribution in [0, 0.1) is 13.8 Å². The predicted molar refractivity (Wildman–Crippen MR) is 138 cm³/mol. The Labute approximate surface area is 191 Å². The Balaban J connectivity index is 1.96. The maximum absolute atomic E-state index is 13.1. The zero-order valence-electron chi connectivity index (χ0n) is 18.6. The van der Waals surface area contributed by atoms with Gasteiger partial charge < -0.3 is 4.42 Å². The van der Waals surface area contributed by atoms with Crippen LogP contribution in [0.25, 0.3) is 54.8 Å². The second-order valence-electron chi connectivity index (χ2n) is 8.67. The van der Waals surface area contributed by atoms with Crippen molar-refractivity contribution in [2.24, 2.45) is 0 Å². The molecule has 0 spiro atoms. The summed E-state index contributed by atoms with van der Waals surface area (Å²) in [6, 6.07) is 33.1. The van der Waals surface area contributed by atoms with Gasteiger partial charge in [-0.1, -0.05) is 102 Å². The van der Waals surface area contributed by atoms with E-state index >= 15 is 0 Å². The van der Waals surface area contributed by atoms with E-state index < -0.39 is 0 Å². The Hall–Kier alpha value is -4.17. The first-order valence-corrected chi connectivity index (χ1v) is 11.2. The van der Waals surface area contributed by atoms with Crippen LogP contribution in [0.5, 0.6) is 0 Å². The second-order valence-corrected chi connectivity index (χ2v) is 8.67. The van der Waals surface area contributed by atoms with Crippen LogP contribution >= 0.6 is 0 Å². The predicted octanol–water partition coefficient (Wildman–Crippen LogP) is 8.05. The zero-order chi connectivity index (χ0) is 22.5. The molecule has 0 saturated heterocycles. The molecule has 0 fully saturated rings. The molecular weight excluding hydrogens is 404 g/mol. The Morgan fingerprint density at radius 1 is 0.545 bits per heavy atom. The summed E-state index contributed by atoms with van der Waals surface area (Å²) in [6.07, 6.45) is 0. The van der Waals surface area contributed by atoms with Crippen molar-refractivity contribution in [2.75, 3.05) is 0 Å². The van der Waals surface area contributed by atoms with Crippen molar-refractivity contribution in [3.8, 4) is 22.3 Å². The van der Waals surface area contributed by atoms with Crippen molar-refractivity contribution in [3.05, 3.63) is 119 Å². The van der Waals surface area contributed by atoms with E-state index in [1.54, 1.807) is 0 Å². The summed E-state index contributed by atoms with van der Waals surface area (Å²) >= 11 is 0. The van der Waals surface area contributed by atoms with Crippen LogP contribution in [0.15, 0.2) is 106 Å². The smallest absolute Gasteiger partial charge is 0.344 e. The van der Waals surface area contributed by atoms with E-state index in [2.05, 4.69) is 80.6 Å². The number of aryl methyl sites for hydroxylation is 2. The minimum absolute atomic E-state index is 0.308. The topological polar surface area (TPSA) is 30.2 Å². The molecule has 0 amide bonds. The third-order valence-corrected chi connectivity index (χ3v) is 6.43. The van der Waals surface area contributed by atoms with Gasteiger partial charge in [0.15, 0.2) is 0 Å². The van der Waals surface area contributed by atoms with Crippen LogP contribution in [-0.4, -0.2) is 0 Å². The largest absolute Gasteiger partial charge is 0.422 e. The summed E-state index contributed by atoms with van der Waals surface area (Å²) in [4.78, 5) is 13.1. The molecule has 5 aromatic carbocycles. The molecule has 0 bridgehead atoms. The maximum Gasteiger partial charge on any atom is 0.344 e. The van der Waals surface area contributed by atoms with Crippen molar-refractivity contribution in [3.63, 3.8) is 0 Å². The van der Waals surface area contributed by atoms with Gasteiger partial charge in [-0.2, -0.15) is 0 Å². The van der Waals surface area contributed by atoms with Crippen molar-refractivity contribution in [2.45, 2.75) is 13.8 Å². The highest BCUT2D eigenvalue weighted by Crippen LogP contribution is 2.45. The Bertz CT molecular complexity index is 1720. The lowest BCUT2D eigenvalue weighted by Crippen LogP contribution is -2.02. The lowest BCUT2D eigenvalue weighted by molar-refractivity contribution is 0.571. The monoisotopic (exact) mass is 426 g/mol. The molecule has 0 aliphatic carbocycles. The van der Waals surface area contributed by atoms with Crippen molar-refractivity contribution in [1.29, 1.82) is 0 Å². The summed E-state index contributed by atoms with van der Waals surface area (Å²) < 4.78 is 6.14. The molecule has 1 aromatic heterocycles. The number of rotatable bonds is 2. The average Bonchev–Trinajstić information content (AvgIpc) is 2.84. The Kier molecular flexibility index (Phi) is 4.41. The fourth-order valence-electron chi connectivity index (χ4n) is 4.88. The third-order valence-electron chi connectivity index (χ3n) is 6.43. The van der Waals surface area contributed by atoms with Crippen LogP contribution in [0.3, 0.4) is 0 Å². The highest BCUT2D eigenvalue weighted by Gasteiger charge is 2.21. The third kappa shape index (κ3) is 3.07. The van der Waals surface area contributed by atoms with Gasteiger partial charge in [0.05, 0.1) is 5.39 Å². The fourth-order valence-corrected chi connectivity index (χ4v) is 4.88. The standard InChI is InChI=1S/C31H22O2/c1-19-12-15-22(16-13-19)28-24-17-14-20(2)18-26(24)27(21-8-4-3-5-9-21)29-23-10-6-7-11-25(23)31(32)33-30(28)29/h3-18H,1-2H3. The summed E-state index contributed by atoms with van der Waals surface area (Å²) in [5, 5.41) is 4.73. The zero-order valence-corrected chi connectivity index (χ0v) is 18.6. The summed E-state index contributed by atoms with van der Waals surface area (Å²) in [5.41, 5.74) is 6.91. The van der Waals surface area contributed by atoms with E-state index in [1.807, 2.05) is 30.3 Å². The number of hydrogen-bond donors (Lipinski definition) is 0. The first-order chi connectivity index (χ1) is 16.1. The molecule has 158 valence electrons. The molecule has 0 N–H and O–H groups in total. The van der Waals surface area contributed by atoms with Crippen molar-refractivity contribution >= 4 is 32.5 Å². The highest BCUT2D eigenvalue weighted by molar-refractivity contribution is 6.25. The molecule has 33 heavy (non-hydrogen) atoms. The van der Waals surface area contributed by atoms with Gasteiger partial charge in [-0.15, -0.1) is 0 Å². The van der Waals surface area contributed by atoms with E-state index in [4.69, 9.17) is 4.42 Å². The molecule has 0 saturated carbocycles. The number of fused-ring (bicyclic) bond motifs is 4. The van der Waals surface area contributed by atoms with E-state index in [1.165, 1.54) is 11.1 Å². The molecule has 0 radical (unpaired) electrons. The molecule has 2 nitrogen and oxygen atoms in total. The molecule has 0 unspecified atom stereocenters. The lowest BCUT2D eigenvalue weighted by Gasteiger charge is -2.18. The van der Waals surface area contributed by atoms with E-state index in [9.17, 15) is 4.79 Å². The second kappa shape index (κ2) is 7.46. The molecule has 0 aliphatic heterocycles. The minimum atomic E-state index is -0.308. The van der Waals surface area contributed by atoms with Crippen LogP contribution in [0.1, 0.15) is 11.1 Å². The molecule has 6 rings (SSSR count). The summed E-state index contributed by atoms with van der Waals surface area (Å²) in [6.45, 7) is 4.20. The first kappa shape index (κ1) is 19.5. The highest BCUT2D eigenvalue weighted by atomic mass is 16.4. The number of hydrogen-bond acceptors (Lipinski definition) is 2. The molecule has 6 aromatic rings. The maximum atomic E-state index is 13.1. The van der Waals surface area contributed by atoms with Gasteiger partial charge in [-0.3, -0.25) is 0 Å². The van der Waals surface area contributed by atoms with Gasteiger partial charge in [0.1, 0.15) is 5.58 Å². The van der Waals surface area contributed by atoms with Crippen LogP contribution in [0.2, 0.25) is 0 Å². The Morgan fingerprint density at radius 2 is 1.18 bits per heavy atom. The van der Waals surface area contributed by atoms with Gasteiger partial charge in [0.25, 0.3) is 0 Å². The molecule has 1 heterocycles. The Morgan fingerprint density at radius 3 is 1.94 bits per heavy atom. The van der Waals surface area contributed by atoms with Crippen molar-refractivity contribution in [1.82, 2.24) is 0 Å². The van der Waals surface area contributed by atoms with Crippen LogP contribution in [0.4, 0.5) is 0 Å². The van der Waals surface area contributed by atoms with Crippen LogP contribution in [-0.2, 0) is 0 Å². The summed E-state index contributed by atoms with van der Waals surface area (Å²) in [5.74, 6) is 0. The summed E-state index contributed by atoms with van der Waals surface area (Å²) in [7, 11) is 0. The van der Waals surface area contributed by atoms with E-state index in [-0.39, 0.29) is 5.63 Å². The van der Waals surface area contributed by atoms with Gasteiger partial charge in [-0.05, 0) is 41.8 Å². The normalized spacial score (nSPS) is 11.5. The minimum Gasteiger partial charge on any atom is -0.422 e. The van der Waals surface area contributed by atoms with Gasteiger partial charge in [-0.25, -0.2) is 4.79 Å². The van der Waals surface area contributed by atoms with E-state index in [0.29, 0.717) is 11.0 Å². The molecule has 0 atom stereocenters. The first-order valence-electron chi connectivity index (χ1n) is 11.2.